The molecule has 138 valence electrons. The molecule has 0 amide bonds. The van der Waals surface area contributed by atoms with Crippen LogP contribution in [0.4, 0.5) is 5.69 Å². The Hall–Kier alpha value is -3.46. The van der Waals surface area contributed by atoms with Crippen molar-refractivity contribution in [2.24, 2.45) is 0 Å². The van der Waals surface area contributed by atoms with E-state index in [2.05, 4.69) is 60.5 Å². The average molecular weight is 367 g/mol. The second-order valence-corrected chi connectivity index (χ2v) is 7.14. The average Bonchev–Trinajstić information content (AvgIpc) is 2.74. The maximum atomic E-state index is 6.33. The van der Waals surface area contributed by atoms with Crippen molar-refractivity contribution in [2.75, 3.05) is 25.6 Å². The van der Waals surface area contributed by atoms with Crippen LogP contribution in [0.3, 0.4) is 0 Å². The van der Waals surface area contributed by atoms with Gasteiger partial charge in [0.2, 0.25) is 0 Å². The lowest BCUT2D eigenvalue weighted by Gasteiger charge is -2.29. The molecule has 3 heteroatoms. The molecule has 1 heterocycles. The highest BCUT2D eigenvalue weighted by Gasteiger charge is 2.21. The van der Waals surface area contributed by atoms with Gasteiger partial charge in [-0.1, -0.05) is 42.5 Å². The third-order valence-corrected chi connectivity index (χ3v) is 5.33. The fourth-order valence-electron chi connectivity index (χ4n) is 3.90. The van der Waals surface area contributed by atoms with E-state index in [9.17, 15) is 0 Å². The number of nitrogens with zero attached hydrogens (tertiary/aromatic N) is 1. The van der Waals surface area contributed by atoms with Gasteiger partial charge < -0.3 is 14.4 Å². The van der Waals surface area contributed by atoms with E-state index in [0.717, 1.165) is 34.9 Å². The van der Waals surface area contributed by atoms with Crippen molar-refractivity contribution in [3.05, 3.63) is 84.1 Å². The molecule has 1 aliphatic heterocycles. The Morgan fingerprint density at radius 2 is 1.50 bits per heavy atom. The molecule has 0 radical (unpaired) electrons. The van der Waals surface area contributed by atoms with Crippen molar-refractivity contribution in [1.29, 1.82) is 0 Å². The van der Waals surface area contributed by atoms with Gasteiger partial charge in [0.25, 0.3) is 0 Å². The molecule has 0 bridgehead atoms. The standard InChI is InChI=1S/C25H21NO2/c1-26-16-20(27-2)14-22-21-12-17-8-6-7-9-18(17)13-23(21)25(15-24(22)26)28-19-10-4-3-5-11-19/h3-15H,16H2,1-2H3. The Morgan fingerprint density at radius 3 is 2.21 bits per heavy atom. The summed E-state index contributed by atoms with van der Waals surface area (Å²) in [6.07, 6.45) is 2.15. The minimum absolute atomic E-state index is 0.743. The fourth-order valence-corrected chi connectivity index (χ4v) is 3.90. The van der Waals surface area contributed by atoms with Crippen LogP contribution in [0.2, 0.25) is 0 Å². The number of rotatable bonds is 3. The van der Waals surface area contributed by atoms with E-state index in [1.807, 2.05) is 30.3 Å². The van der Waals surface area contributed by atoms with Crippen LogP contribution >= 0.6 is 0 Å². The molecule has 0 saturated carbocycles. The predicted molar refractivity (Wildman–Crippen MR) is 116 cm³/mol. The Bertz CT molecular complexity index is 1210. The molecule has 0 fully saturated rings. The Balaban J connectivity index is 1.82. The minimum atomic E-state index is 0.743. The van der Waals surface area contributed by atoms with Gasteiger partial charge in [-0.3, -0.25) is 0 Å². The largest absolute Gasteiger partial charge is 0.499 e. The summed E-state index contributed by atoms with van der Waals surface area (Å²) in [5.41, 5.74) is 2.32. The maximum absolute atomic E-state index is 6.33. The quantitative estimate of drug-likeness (QED) is 0.401. The van der Waals surface area contributed by atoms with E-state index < -0.39 is 0 Å². The van der Waals surface area contributed by atoms with E-state index in [1.54, 1.807) is 7.11 Å². The zero-order valence-electron chi connectivity index (χ0n) is 16.0. The Morgan fingerprint density at radius 1 is 0.821 bits per heavy atom. The minimum Gasteiger partial charge on any atom is -0.499 e. The predicted octanol–water partition coefficient (Wildman–Crippen LogP) is 6.22. The second kappa shape index (κ2) is 6.61. The lowest BCUT2D eigenvalue weighted by Crippen LogP contribution is -2.24. The number of anilines is 1. The lowest BCUT2D eigenvalue weighted by molar-refractivity contribution is 0.289. The van der Waals surface area contributed by atoms with Crippen LogP contribution in [0.1, 0.15) is 5.56 Å². The number of ether oxygens (including phenoxy) is 2. The molecule has 0 aliphatic carbocycles. The van der Waals surface area contributed by atoms with E-state index in [4.69, 9.17) is 9.47 Å². The zero-order valence-corrected chi connectivity index (χ0v) is 16.0. The SMILES string of the molecule is COC1=Cc2c(cc(Oc3ccccc3)c3cc4ccccc4cc23)N(C)C1. The molecule has 4 aromatic rings. The highest BCUT2D eigenvalue weighted by molar-refractivity contribution is 6.07. The van der Waals surface area contributed by atoms with Crippen LogP contribution in [0.5, 0.6) is 11.5 Å². The van der Waals surface area contributed by atoms with Gasteiger partial charge in [-0.25, -0.2) is 0 Å². The van der Waals surface area contributed by atoms with Gasteiger partial charge in [-0.05, 0) is 46.5 Å². The molecule has 0 saturated heterocycles. The number of methoxy groups -OCH3 is 1. The summed E-state index contributed by atoms with van der Waals surface area (Å²) in [4.78, 5) is 2.21. The van der Waals surface area contributed by atoms with Crippen molar-refractivity contribution < 1.29 is 9.47 Å². The monoisotopic (exact) mass is 367 g/mol. The Labute approximate surface area is 164 Å². The van der Waals surface area contributed by atoms with Crippen LogP contribution in [0, 0.1) is 0 Å². The number of hydrogen-bond acceptors (Lipinski definition) is 3. The molecule has 3 nitrogen and oxygen atoms in total. The highest BCUT2D eigenvalue weighted by atomic mass is 16.5. The first-order valence-electron chi connectivity index (χ1n) is 9.41. The van der Waals surface area contributed by atoms with Gasteiger partial charge in [0.15, 0.2) is 0 Å². The van der Waals surface area contributed by atoms with Crippen molar-refractivity contribution in [3.63, 3.8) is 0 Å². The molecular formula is C25H21NO2. The number of fused-ring (bicyclic) bond motifs is 4. The molecule has 0 spiro atoms. The molecule has 0 aromatic heterocycles. The summed E-state index contributed by atoms with van der Waals surface area (Å²) >= 11 is 0. The molecule has 4 aromatic carbocycles. The molecule has 0 atom stereocenters. The van der Waals surface area contributed by atoms with E-state index >= 15 is 0 Å². The van der Waals surface area contributed by atoms with Crippen molar-refractivity contribution in [2.45, 2.75) is 0 Å². The first kappa shape index (κ1) is 16.7. The number of likely N-dealkylation sites (N-methyl/N-ethyl adjacent to an activating group) is 1. The van der Waals surface area contributed by atoms with Crippen LogP contribution in [-0.4, -0.2) is 20.7 Å². The lowest BCUT2D eigenvalue weighted by atomic mass is 9.95. The molecule has 28 heavy (non-hydrogen) atoms. The molecule has 5 rings (SSSR count). The van der Waals surface area contributed by atoms with Gasteiger partial charge in [0.05, 0.1) is 13.7 Å². The highest BCUT2D eigenvalue weighted by Crippen LogP contribution is 2.42. The Kier molecular flexibility index (Phi) is 3.94. The number of para-hydroxylation sites is 1. The van der Waals surface area contributed by atoms with E-state index in [1.165, 1.54) is 21.7 Å². The number of hydrogen-bond donors (Lipinski definition) is 0. The second-order valence-electron chi connectivity index (χ2n) is 7.14. The fraction of sp³-hybridized carbons (Fsp3) is 0.120. The molecule has 0 N–H and O–H groups in total. The van der Waals surface area contributed by atoms with Crippen LogP contribution in [0.15, 0.2) is 78.6 Å². The number of benzene rings is 4. The topological polar surface area (TPSA) is 21.7 Å². The van der Waals surface area contributed by atoms with Gasteiger partial charge >= 0.3 is 0 Å². The summed E-state index contributed by atoms with van der Waals surface area (Å²) in [7, 11) is 3.82. The normalized spacial score (nSPS) is 13.4. The first-order chi connectivity index (χ1) is 13.7. The summed E-state index contributed by atoms with van der Waals surface area (Å²) in [5.74, 6) is 2.66. The maximum Gasteiger partial charge on any atom is 0.137 e. The van der Waals surface area contributed by atoms with Gasteiger partial charge in [0, 0.05) is 29.8 Å². The van der Waals surface area contributed by atoms with E-state index in [-0.39, 0.29) is 0 Å². The van der Waals surface area contributed by atoms with Gasteiger partial charge in [0.1, 0.15) is 17.3 Å². The smallest absolute Gasteiger partial charge is 0.137 e. The van der Waals surface area contributed by atoms with Crippen LogP contribution in [-0.2, 0) is 4.74 Å². The van der Waals surface area contributed by atoms with Crippen LogP contribution in [0.25, 0.3) is 27.6 Å². The first-order valence-corrected chi connectivity index (χ1v) is 9.41. The van der Waals surface area contributed by atoms with Crippen LogP contribution < -0.4 is 9.64 Å². The summed E-state index contributed by atoms with van der Waals surface area (Å²) in [6, 6.07) is 25.0. The molecule has 1 aliphatic rings. The summed E-state index contributed by atoms with van der Waals surface area (Å²) < 4.78 is 11.9. The van der Waals surface area contributed by atoms with Crippen molar-refractivity contribution in [3.8, 4) is 11.5 Å². The van der Waals surface area contributed by atoms with Gasteiger partial charge in [-0.2, -0.15) is 0 Å². The summed E-state index contributed by atoms with van der Waals surface area (Å²) in [6.45, 7) is 0.743. The van der Waals surface area contributed by atoms with Crippen molar-refractivity contribution >= 4 is 33.3 Å². The molecular weight excluding hydrogens is 346 g/mol. The zero-order chi connectivity index (χ0) is 19.1. The van der Waals surface area contributed by atoms with E-state index in [0.29, 0.717) is 0 Å². The third kappa shape index (κ3) is 2.76. The third-order valence-electron chi connectivity index (χ3n) is 5.33. The van der Waals surface area contributed by atoms with Crippen molar-refractivity contribution in [1.82, 2.24) is 0 Å². The molecule has 0 unspecified atom stereocenters. The summed E-state index contributed by atoms with van der Waals surface area (Å²) in [5, 5.41) is 4.69. The van der Waals surface area contributed by atoms with Gasteiger partial charge in [-0.15, -0.1) is 0 Å².